The van der Waals surface area contributed by atoms with Crippen molar-refractivity contribution in [3.05, 3.63) is 58.4 Å². The van der Waals surface area contributed by atoms with E-state index in [4.69, 9.17) is 11.6 Å². The first-order valence-corrected chi connectivity index (χ1v) is 7.77. The van der Waals surface area contributed by atoms with Gasteiger partial charge in [-0.05, 0) is 43.7 Å². The Morgan fingerprint density at radius 1 is 1.24 bits per heavy atom. The summed E-state index contributed by atoms with van der Waals surface area (Å²) in [6.45, 7) is 4.01. The van der Waals surface area contributed by atoms with E-state index in [-0.39, 0.29) is 17.3 Å². The van der Waals surface area contributed by atoms with E-state index in [0.29, 0.717) is 5.02 Å². The molecule has 21 heavy (non-hydrogen) atoms. The first kappa shape index (κ1) is 15.9. The van der Waals surface area contributed by atoms with E-state index in [1.807, 2.05) is 32.0 Å². The summed E-state index contributed by atoms with van der Waals surface area (Å²) in [4.78, 5) is 12.9. The van der Waals surface area contributed by atoms with Crippen LogP contribution >= 0.6 is 23.4 Å². The molecule has 0 saturated heterocycles. The molecule has 0 fully saturated rings. The third-order valence-electron chi connectivity index (χ3n) is 2.91. The maximum atomic E-state index is 13.6. The van der Waals surface area contributed by atoms with Gasteiger partial charge in [0.15, 0.2) is 0 Å². The van der Waals surface area contributed by atoms with Gasteiger partial charge in [0, 0.05) is 9.92 Å². The Bertz CT molecular complexity index is 675. The summed E-state index contributed by atoms with van der Waals surface area (Å²) in [6.07, 6.45) is 0. The molecule has 0 spiro atoms. The third-order valence-corrected chi connectivity index (χ3v) is 4.30. The van der Waals surface area contributed by atoms with Gasteiger partial charge in [-0.15, -0.1) is 11.8 Å². The Hall–Kier alpha value is -1.52. The molecule has 0 radical (unpaired) electrons. The molecule has 5 heteroatoms. The predicted octanol–water partition coefficient (Wildman–Crippen LogP) is 4.83. The van der Waals surface area contributed by atoms with Crippen LogP contribution in [0.1, 0.15) is 11.1 Å². The van der Waals surface area contributed by atoms with Crippen molar-refractivity contribution in [2.45, 2.75) is 18.7 Å². The lowest BCUT2D eigenvalue weighted by Gasteiger charge is -2.08. The molecule has 2 aromatic carbocycles. The average molecular weight is 324 g/mol. The second-order valence-corrected chi connectivity index (χ2v) is 6.18. The van der Waals surface area contributed by atoms with Crippen molar-refractivity contribution in [3.8, 4) is 0 Å². The zero-order valence-corrected chi connectivity index (χ0v) is 13.3. The molecule has 0 aliphatic heterocycles. The van der Waals surface area contributed by atoms with Crippen molar-refractivity contribution in [3.63, 3.8) is 0 Å². The van der Waals surface area contributed by atoms with E-state index in [9.17, 15) is 9.18 Å². The number of amides is 1. The molecule has 1 amide bonds. The van der Waals surface area contributed by atoms with Gasteiger partial charge < -0.3 is 5.32 Å². The molecule has 2 nitrogen and oxygen atoms in total. The van der Waals surface area contributed by atoms with Gasteiger partial charge in [0.1, 0.15) is 5.82 Å². The number of aryl methyl sites for hydroxylation is 2. The number of nitrogens with one attached hydrogen (secondary N) is 1. The van der Waals surface area contributed by atoms with E-state index in [0.717, 1.165) is 16.0 Å². The Morgan fingerprint density at radius 3 is 2.71 bits per heavy atom. The van der Waals surface area contributed by atoms with E-state index < -0.39 is 5.82 Å². The normalized spacial score (nSPS) is 10.5. The standard InChI is InChI=1S/C16H15ClFNOS/c1-10-3-4-11(2)15(7-10)21-9-16(20)19-14-6-5-12(17)8-13(14)18/h3-8H,9H2,1-2H3,(H,19,20). The van der Waals surface area contributed by atoms with Crippen molar-refractivity contribution in [2.24, 2.45) is 0 Å². The quantitative estimate of drug-likeness (QED) is 0.817. The van der Waals surface area contributed by atoms with Gasteiger partial charge in [-0.1, -0.05) is 29.3 Å². The van der Waals surface area contributed by atoms with Gasteiger partial charge in [0.05, 0.1) is 11.4 Å². The largest absolute Gasteiger partial charge is 0.323 e. The molecule has 0 aliphatic carbocycles. The number of halogens is 2. The van der Waals surface area contributed by atoms with Crippen LogP contribution in [0.2, 0.25) is 5.02 Å². The van der Waals surface area contributed by atoms with E-state index in [1.54, 1.807) is 0 Å². The van der Waals surface area contributed by atoms with Crippen molar-refractivity contribution in [1.29, 1.82) is 0 Å². The van der Waals surface area contributed by atoms with Crippen molar-refractivity contribution < 1.29 is 9.18 Å². The van der Waals surface area contributed by atoms with Crippen LogP contribution < -0.4 is 5.32 Å². The highest BCUT2D eigenvalue weighted by Crippen LogP contribution is 2.24. The Kier molecular flexibility index (Phi) is 5.26. The van der Waals surface area contributed by atoms with Crippen LogP contribution in [-0.2, 0) is 4.79 Å². The molecule has 0 unspecified atom stereocenters. The van der Waals surface area contributed by atoms with Crippen LogP contribution in [0.5, 0.6) is 0 Å². The van der Waals surface area contributed by atoms with Crippen LogP contribution in [-0.4, -0.2) is 11.7 Å². The lowest BCUT2D eigenvalue weighted by atomic mass is 10.2. The third kappa shape index (κ3) is 4.48. The van der Waals surface area contributed by atoms with Crippen molar-refractivity contribution >= 4 is 35.0 Å². The first-order chi connectivity index (χ1) is 9.95. The summed E-state index contributed by atoms with van der Waals surface area (Å²) in [5, 5.41) is 2.85. The van der Waals surface area contributed by atoms with Crippen molar-refractivity contribution in [2.75, 3.05) is 11.1 Å². The summed E-state index contributed by atoms with van der Waals surface area (Å²) >= 11 is 7.11. The first-order valence-electron chi connectivity index (χ1n) is 6.40. The van der Waals surface area contributed by atoms with Gasteiger partial charge in [0.25, 0.3) is 0 Å². The minimum absolute atomic E-state index is 0.144. The minimum atomic E-state index is -0.535. The summed E-state index contributed by atoms with van der Waals surface area (Å²) in [5.74, 6) is -0.554. The second kappa shape index (κ2) is 6.96. The maximum Gasteiger partial charge on any atom is 0.234 e. The molecule has 1 N–H and O–H groups in total. The number of thioether (sulfide) groups is 1. The lowest BCUT2D eigenvalue weighted by Crippen LogP contribution is -2.15. The SMILES string of the molecule is Cc1ccc(C)c(SCC(=O)Nc2ccc(Cl)cc2F)c1. The molecule has 0 saturated carbocycles. The molecular weight excluding hydrogens is 309 g/mol. The highest BCUT2D eigenvalue weighted by atomic mass is 35.5. The Morgan fingerprint density at radius 2 is 2.00 bits per heavy atom. The van der Waals surface area contributed by atoms with E-state index in [2.05, 4.69) is 5.32 Å². The van der Waals surface area contributed by atoms with Gasteiger partial charge >= 0.3 is 0 Å². The summed E-state index contributed by atoms with van der Waals surface area (Å²) < 4.78 is 13.6. The number of anilines is 1. The van der Waals surface area contributed by atoms with Gasteiger partial charge in [-0.25, -0.2) is 4.39 Å². The van der Waals surface area contributed by atoms with E-state index >= 15 is 0 Å². The zero-order chi connectivity index (χ0) is 15.4. The zero-order valence-electron chi connectivity index (χ0n) is 11.7. The van der Waals surface area contributed by atoms with Gasteiger partial charge in [-0.2, -0.15) is 0 Å². The predicted molar refractivity (Wildman–Crippen MR) is 86.7 cm³/mol. The van der Waals surface area contributed by atoms with Crippen LogP contribution in [0, 0.1) is 19.7 Å². The number of benzene rings is 2. The number of rotatable bonds is 4. The fraction of sp³-hybridized carbons (Fsp3) is 0.188. The lowest BCUT2D eigenvalue weighted by molar-refractivity contribution is -0.113. The van der Waals surface area contributed by atoms with Gasteiger partial charge in [0.2, 0.25) is 5.91 Å². The molecule has 110 valence electrons. The highest BCUT2D eigenvalue weighted by molar-refractivity contribution is 8.00. The highest BCUT2D eigenvalue weighted by Gasteiger charge is 2.09. The topological polar surface area (TPSA) is 29.1 Å². The summed E-state index contributed by atoms with van der Waals surface area (Å²) in [5.41, 5.74) is 2.41. The Balaban J connectivity index is 1.97. The molecule has 0 heterocycles. The van der Waals surface area contributed by atoms with Crippen LogP contribution in [0.3, 0.4) is 0 Å². The molecule has 0 atom stereocenters. The number of carbonyl (C=O) groups is 1. The number of carbonyl (C=O) groups excluding carboxylic acids is 1. The fourth-order valence-electron chi connectivity index (χ4n) is 1.78. The summed E-state index contributed by atoms with van der Waals surface area (Å²) in [6, 6.07) is 10.3. The van der Waals surface area contributed by atoms with E-state index in [1.165, 1.54) is 30.0 Å². The van der Waals surface area contributed by atoms with Crippen LogP contribution in [0.4, 0.5) is 10.1 Å². The molecule has 0 aromatic heterocycles. The molecule has 0 aliphatic rings. The molecular formula is C16H15ClFNOS. The maximum absolute atomic E-state index is 13.6. The Labute approximate surface area is 132 Å². The monoisotopic (exact) mass is 323 g/mol. The van der Waals surface area contributed by atoms with Gasteiger partial charge in [-0.3, -0.25) is 4.79 Å². The molecule has 2 rings (SSSR count). The molecule has 0 bridgehead atoms. The fourth-order valence-corrected chi connectivity index (χ4v) is 2.87. The number of hydrogen-bond acceptors (Lipinski definition) is 2. The average Bonchev–Trinajstić information content (AvgIpc) is 2.43. The van der Waals surface area contributed by atoms with Crippen LogP contribution in [0.15, 0.2) is 41.3 Å². The second-order valence-electron chi connectivity index (χ2n) is 4.73. The minimum Gasteiger partial charge on any atom is -0.323 e. The summed E-state index contributed by atoms with van der Waals surface area (Å²) in [7, 11) is 0. The smallest absolute Gasteiger partial charge is 0.234 e. The molecule has 2 aromatic rings. The van der Waals surface area contributed by atoms with Crippen LogP contribution in [0.25, 0.3) is 0 Å². The number of hydrogen-bond donors (Lipinski definition) is 1. The van der Waals surface area contributed by atoms with Crippen molar-refractivity contribution in [1.82, 2.24) is 0 Å².